The van der Waals surface area contributed by atoms with Crippen LogP contribution in [0.3, 0.4) is 0 Å². The van der Waals surface area contributed by atoms with Gasteiger partial charge in [0.15, 0.2) is 0 Å². The van der Waals surface area contributed by atoms with Crippen LogP contribution in [-0.2, 0) is 6.42 Å². The summed E-state index contributed by atoms with van der Waals surface area (Å²) >= 11 is 3.29. The zero-order valence-electron chi connectivity index (χ0n) is 12.8. The van der Waals surface area contributed by atoms with E-state index in [4.69, 9.17) is 0 Å². The van der Waals surface area contributed by atoms with Crippen LogP contribution in [0.15, 0.2) is 77.3 Å². The van der Waals surface area contributed by atoms with Gasteiger partial charge in [-0.15, -0.1) is 0 Å². The van der Waals surface area contributed by atoms with Crippen LogP contribution in [0.5, 0.6) is 0 Å². The first-order valence-corrected chi connectivity index (χ1v) is 8.31. The number of rotatable bonds is 4. The summed E-state index contributed by atoms with van der Waals surface area (Å²) in [7, 11) is 0. The van der Waals surface area contributed by atoms with Gasteiger partial charge in [-0.1, -0.05) is 48.5 Å². The van der Waals surface area contributed by atoms with Crippen molar-refractivity contribution in [3.63, 3.8) is 0 Å². The van der Waals surface area contributed by atoms with Crippen LogP contribution in [0.2, 0.25) is 0 Å². The first-order chi connectivity index (χ1) is 11.6. The van der Waals surface area contributed by atoms with Crippen molar-refractivity contribution < 1.29 is 9.18 Å². The lowest BCUT2D eigenvalue weighted by Gasteiger charge is -2.12. The molecule has 1 amide bonds. The monoisotopic (exact) mass is 383 g/mol. The van der Waals surface area contributed by atoms with E-state index in [1.807, 2.05) is 54.6 Å². The zero-order chi connectivity index (χ0) is 16.9. The summed E-state index contributed by atoms with van der Waals surface area (Å²) in [6.45, 7) is 0. The summed E-state index contributed by atoms with van der Waals surface area (Å²) in [5, 5.41) is 2.88. The highest BCUT2D eigenvalue weighted by molar-refractivity contribution is 9.10. The van der Waals surface area contributed by atoms with Crippen molar-refractivity contribution in [1.29, 1.82) is 0 Å². The van der Waals surface area contributed by atoms with Gasteiger partial charge in [0, 0.05) is 10.2 Å². The number of anilines is 1. The topological polar surface area (TPSA) is 29.1 Å². The molecule has 0 radical (unpaired) electrons. The van der Waals surface area contributed by atoms with Crippen LogP contribution in [0.1, 0.15) is 21.5 Å². The average molecular weight is 384 g/mol. The van der Waals surface area contributed by atoms with Crippen molar-refractivity contribution in [3.8, 4) is 0 Å². The molecule has 24 heavy (non-hydrogen) atoms. The molecule has 3 aromatic carbocycles. The fourth-order valence-corrected chi connectivity index (χ4v) is 2.90. The molecule has 3 rings (SSSR count). The van der Waals surface area contributed by atoms with Crippen molar-refractivity contribution in [1.82, 2.24) is 0 Å². The first-order valence-electron chi connectivity index (χ1n) is 7.52. The lowest BCUT2D eigenvalue weighted by atomic mass is 10.0. The normalized spacial score (nSPS) is 10.4. The van der Waals surface area contributed by atoms with E-state index in [0.29, 0.717) is 10.9 Å². The fraction of sp³-hybridized carbons (Fsp3) is 0.0500. The second-order valence-electron chi connectivity index (χ2n) is 5.40. The van der Waals surface area contributed by atoms with Crippen LogP contribution in [-0.4, -0.2) is 5.91 Å². The Morgan fingerprint density at radius 3 is 2.46 bits per heavy atom. The molecule has 0 heterocycles. The third-order valence-electron chi connectivity index (χ3n) is 3.68. The highest BCUT2D eigenvalue weighted by Gasteiger charge is 2.13. The Morgan fingerprint density at radius 2 is 1.67 bits per heavy atom. The molecular weight excluding hydrogens is 369 g/mol. The second-order valence-corrected chi connectivity index (χ2v) is 6.25. The Bertz CT molecular complexity index is 865. The number of halogens is 2. The predicted molar refractivity (Wildman–Crippen MR) is 97.7 cm³/mol. The van der Waals surface area contributed by atoms with E-state index in [1.54, 1.807) is 0 Å². The van der Waals surface area contributed by atoms with E-state index < -0.39 is 5.82 Å². The van der Waals surface area contributed by atoms with Crippen molar-refractivity contribution in [3.05, 3.63) is 99.8 Å². The minimum atomic E-state index is -0.444. The lowest BCUT2D eigenvalue weighted by molar-refractivity contribution is 0.102. The van der Waals surface area contributed by atoms with Gasteiger partial charge in [-0.2, -0.15) is 0 Å². The van der Waals surface area contributed by atoms with E-state index in [9.17, 15) is 9.18 Å². The average Bonchev–Trinajstić information content (AvgIpc) is 2.59. The number of nitrogens with one attached hydrogen (secondary N) is 1. The molecule has 0 aliphatic rings. The Kier molecular flexibility index (Phi) is 5.06. The number of amides is 1. The number of carbonyl (C=O) groups excluding carboxylic acids is 1. The molecule has 3 aromatic rings. The van der Waals surface area contributed by atoms with Crippen LogP contribution < -0.4 is 5.32 Å². The number of carbonyl (C=O) groups is 1. The van der Waals surface area contributed by atoms with Gasteiger partial charge < -0.3 is 5.32 Å². The molecule has 0 aromatic heterocycles. The maximum atomic E-state index is 13.4. The van der Waals surface area contributed by atoms with Crippen molar-refractivity contribution in [2.45, 2.75) is 6.42 Å². The molecule has 2 nitrogen and oxygen atoms in total. The van der Waals surface area contributed by atoms with Crippen LogP contribution in [0.4, 0.5) is 10.1 Å². The van der Waals surface area contributed by atoms with Crippen molar-refractivity contribution >= 4 is 27.5 Å². The quantitative estimate of drug-likeness (QED) is 0.639. The molecule has 0 atom stereocenters. The SMILES string of the molecule is O=C(Nc1ccccc1Cc1ccccc1)c1cc(F)ccc1Br. The predicted octanol–water partition coefficient (Wildman–Crippen LogP) is 5.43. The Hall–Kier alpha value is -2.46. The first kappa shape index (κ1) is 16.4. The summed E-state index contributed by atoms with van der Waals surface area (Å²) in [6.07, 6.45) is 0.710. The minimum absolute atomic E-state index is 0.268. The van der Waals surface area contributed by atoms with Crippen molar-refractivity contribution in [2.24, 2.45) is 0 Å². The van der Waals surface area contributed by atoms with E-state index in [-0.39, 0.29) is 11.5 Å². The zero-order valence-corrected chi connectivity index (χ0v) is 14.4. The van der Waals surface area contributed by atoms with Gasteiger partial charge in [0.1, 0.15) is 5.82 Å². The molecule has 0 bridgehead atoms. The fourth-order valence-electron chi connectivity index (χ4n) is 2.47. The number of hydrogen-bond acceptors (Lipinski definition) is 1. The molecule has 0 unspecified atom stereocenters. The Morgan fingerprint density at radius 1 is 0.958 bits per heavy atom. The van der Waals surface area contributed by atoms with Gasteiger partial charge in [0.05, 0.1) is 5.56 Å². The maximum Gasteiger partial charge on any atom is 0.256 e. The van der Waals surface area contributed by atoms with Gasteiger partial charge in [-0.25, -0.2) is 4.39 Å². The Balaban J connectivity index is 1.85. The standard InChI is InChI=1S/C20H15BrFNO/c21-18-11-10-16(22)13-17(18)20(24)23-19-9-5-4-8-15(19)12-14-6-2-1-3-7-14/h1-11,13H,12H2,(H,23,24). The Labute approximate surface area is 148 Å². The van der Waals surface area contributed by atoms with Crippen LogP contribution in [0.25, 0.3) is 0 Å². The highest BCUT2D eigenvalue weighted by Crippen LogP contribution is 2.23. The largest absolute Gasteiger partial charge is 0.322 e. The number of para-hydroxylation sites is 1. The van der Waals surface area contributed by atoms with E-state index >= 15 is 0 Å². The molecule has 0 saturated carbocycles. The maximum absolute atomic E-state index is 13.4. The number of hydrogen-bond donors (Lipinski definition) is 1. The molecule has 0 fully saturated rings. The van der Waals surface area contributed by atoms with Gasteiger partial charge in [-0.3, -0.25) is 4.79 Å². The summed E-state index contributed by atoms with van der Waals surface area (Å²) < 4.78 is 14.0. The second kappa shape index (κ2) is 7.41. The lowest BCUT2D eigenvalue weighted by Crippen LogP contribution is -2.14. The van der Waals surface area contributed by atoms with Gasteiger partial charge in [0.25, 0.3) is 5.91 Å². The number of benzene rings is 3. The summed E-state index contributed by atoms with van der Waals surface area (Å²) in [5.74, 6) is -0.789. The van der Waals surface area contributed by atoms with Crippen LogP contribution >= 0.6 is 15.9 Å². The molecule has 0 aliphatic heterocycles. The summed E-state index contributed by atoms with van der Waals surface area (Å²) in [6, 6.07) is 21.7. The molecule has 120 valence electrons. The molecule has 0 saturated heterocycles. The van der Waals surface area contributed by atoms with Gasteiger partial charge >= 0.3 is 0 Å². The van der Waals surface area contributed by atoms with Crippen LogP contribution in [0, 0.1) is 5.82 Å². The van der Waals surface area contributed by atoms with Crippen molar-refractivity contribution in [2.75, 3.05) is 5.32 Å². The summed E-state index contributed by atoms with van der Waals surface area (Å²) in [5.41, 5.74) is 3.16. The molecule has 0 aliphatic carbocycles. The minimum Gasteiger partial charge on any atom is -0.322 e. The highest BCUT2D eigenvalue weighted by atomic mass is 79.9. The molecule has 4 heteroatoms. The smallest absolute Gasteiger partial charge is 0.256 e. The van der Waals surface area contributed by atoms with E-state index in [1.165, 1.54) is 18.2 Å². The molecule has 0 spiro atoms. The van der Waals surface area contributed by atoms with Gasteiger partial charge in [0.2, 0.25) is 0 Å². The molecule has 1 N–H and O–H groups in total. The van der Waals surface area contributed by atoms with Gasteiger partial charge in [-0.05, 0) is 57.7 Å². The summed E-state index contributed by atoms with van der Waals surface area (Å²) in [4.78, 5) is 12.5. The third-order valence-corrected chi connectivity index (χ3v) is 4.37. The van der Waals surface area contributed by atoms with E-state index in [0.717, 1.165) is 16.8 Å². The molecular formula is C20H15BrFNO. The third kappa shape index (κ3) is 3.89. The van der Waals surface area contributed by atoms with E-state index in [2.05, 4.69) is 21.2 Å².